The van der Waals surface area contributed by atoms with E-state index >= 15 is 0 Å². The molecule has 0 aromatic carbocycles. The van der Waals surface area contributed by atoms with Crippen molar-refractivity contribution in [3.8, 4) is 0 Å². The standard InChI is InChI=1S/C10H24NO6.C2H6.CH4O.U/c1-14-9-16-7-4-11(13,3-6-12)5-8-17-10-15-2;2*1-2;/h12-13H,3-10H2,1-2H3;1-2H3;2H,1H3;/q+1;;;. The largest absolute Gasteiger partial charge is 0.400 e. The van der Waals surface area contributed by atoms with Gasteiger partial charge in [0.15, 0.2) is 0 Å². The Morgan fingerprint density at radius 2 is 1.18 bits per heavy atom. The molecule has 0 fully saturated rings. The van der Waals surface area contributed by atoms with Crippen molar-refractivity contribution in [3.63, 3.8) is 0 Å². The molecule has 0 saturated carbocycles. The molecule has 0 aliphatic rings. The molecule has 0 unspecified atom stereocenters. The van der Waals surface area contributed by atoms with Crippen LogP contribution in [0.4, 0.5) is 0 Å². The summed E-state index contributed by atoms with van der Waals surface area (Å²) in [5.74, 6) is 0. The summed E-state index contributed by atoms with van der Waals surface area (Å²) in [4.78, 5) is 0. The summed E-state index contributed by atoms with van der Waals surface area (Å²) in [6.45, 7) is 6.00. The van der Waals surface area contributed by atoms with Gasteiger partial charge >= 0.3 is 0 Å². The fraction of sp³-hybridized carbons (Fsp3) is 1.00. The number of hydroxylamine groups is 3. The molecule has 0 radical (unpaired) electrons. The van der Waals surface area contributed by atoms with Crippen molar-refractivity contribution in [2.45, 2.75) is 13.8 Å². The van der Waals surface area contributed by atoms with Crippen LogP contribution in [-0.2, 0) is 18.9 Å². The van der Waals surface area contributed by atoms with Crippen LogP contribution in [0.5, 0.6) is 0 Å². The van der Waals surface area contributed by atoms with Crippen LogP contribution in [0.25, 0.3) is 0 Å². The predicted molar refractivity (Wildman–Crippen MR) is 78.9 cm³/mol. The Bertz CT molecular complexity index is 166. The van der Waals surface area contributed by atoms with Crippen molar-refractivity contribution in [3.05, 3.63) is 0 Å². The Labute approximate surface area is 158 Å². The average molecular weight is 554 g/mol. The minimum Gasteiger partial charge on any atom is -0.400 e. The van der Waals surface area contributed by atoms with Crippen LogP contribution in [0, 0.1) is 31.1 Å². The molecule has 0 bridgehead atoms. The predicted octanol–water partition coefficient (Wildman–Crippen LogP) is 0.0604. The van der Waals surface area contributed by atoms with Crippen molar-refractivity contribution in [2.24, 2.45) is 0 Å². The second kappa shape index (κ2) is 26.6. The normalized spacial score (nSPS) is 9.82. The van der Waals surface area contributed by atoms with E-state index in [4.69, 9.17) is 29.2 Å². The van der Waals surface area contributed by atoms with Gasteiger partial charge in [-0.3, -0.25) is 0 Å². The zero-order valence-electron chi connectivity index (χ0n) is 14.6. The number of hydrogen-bond donors (Lipinski definition) is 3. The van der Waals surface area contributed by atoms with E-state index in [2.05, 4.69) is 0 Å². The van der Waals surface area contributed by atoms with Gasteiger partial charge in [0, 0.05) is 52.4 Å². The van der Waals surface area contributed by atoms with Crippen molar-refractivity contribution in [2.75, 3.05) is 74.4 Å². The summed E-state index contributed by atoms with van der Waals surface area (Å²) in [6.07, 6.45) is 0. The van der Waals surface area contributed by atoms with Crippen LogP contribution < -0.4 is 0 Å². The van der Waals surface area contributed by atoms with Crippen LogP contribution in [0.1, 0.15) is 13.8 Å². The molecule has 0 rings (SSSR count). The number of ether oxygens (including phenoxy) is 4. The van der Waals surface area contributed by atoms with E-state index in [0.29, 0.717) is 26.3 Å². The maximum Gasteiger partial charge on any atom is 0.146 e. The molecule has 136 valence electrons. The smallest absolute Gasteiger partial charge is 0.146 e. The summed E-state index contributed by atoms with van der Waals surface area (Å²) < 4.78 is 19.4. The van der Waals surface area contributed by atoms with Gasteiger partial charge in [-0.15, -0.1) is 0 Å². The SMILES string of the molecule is CC.CO.COCOCC[N+](O)(CCO)CCOCOC.[U]. The van der Waals surface area contributed by atoms with Gasteiger partial charge in [0.05, 0.1) is 6.61 Å². The molecule has 0 spiro atoms. The first kappa shape index (κ1) is 30.6. The van der Waals surface area contributed by atoms with Gasteiger partial charge in [0.1, 0.15) is 46.4 Å². The first-order valence-electron chi connectivity index (χ1n) is 6.96. The van der Waals surface area contributed by atoms with Gasteiger partial charge in [-0.1, -0.05) is 13.8 Å². The van der Waals surface area contributed by atoms with Gasteiger partial charge in [0.2, 0.25) is 0 Å². The summed E-state index contributed by atoms with van der Waals surface area (Å²) in [6, 6.07) is 0. The van der Waals surface area contributed by atoms with Crippen LogP contribution in [0.2, 0.25) is 0 Å². The number of quaternary nitrogens is 1. The second-order valence-electron chi connectivity index (χ2n) is 3.62. The number of rotatable bonds is 12. The first-order valence-corrected chi connectivity index (χ1v) is 6.96. The van der Waals surface area contributed by atoms with E-state index < -0.39 is 0 Å². The second-order valence-corrected chi connectivity index (χ2v) is 3.62. The van der Waals surface area contributed by atoms with Crippen LogP contribution in [0.15, 0.2) is 0 Å². The van der Waals surface area contributed by atoms with E-state index in [1.165, 1.54) is 14.2 Å². The zero-order valence-corrected chi connectivity index (χ0v) is 18.7. The molecule has 0 heterocycles. The van der Waals surface area contributed by atoms with Gasteiger partial charge < -0.3 is 29.2 Å². The maximum absolute atomic E-state index is 10.1. The molecule has 0 atom stereocenters. The third-order valence-corrected chi connectivity index (χ3v) is 2.22. The monoisotopic (exact) mass is 554 g/mol. The summed E-state index contributed by atoms with van der Waals surface area (Å²) in [7, 11) is 4.07. The van der Waals surface area contributed by atoms with Gasteiger partial charge in [-0.05, 0) is 0 Å². The molecule has 0 aromatic rings. The van der Waals surface area contributed by atoms with E-state index in [9.17, 15) is 5.21 Å². The topological polar surface area (TPSA) is 97.6 Å². The Morgan fingerprint density at radius 3 is 1.45 bits per heavy atom. The molecule has 0 amide bonds. The minimum absolute atomic E-state index is 0. The quantitative estimate of drug-likeness (QED) is 0.136. The molecular weight excluding hydrogens is 520 g/mol. The van der Waals surface area contributed by atoms with Crippen LogP contribution >= 0.6 is 0 Å². The molecule has 8 nitrogen and oxygen atoms in total. The third-order valence-electron chi connectivity index (χ3n) is 2.22. The molecule has 9 heteroatoms. The summed E-state index contributed by atoms with van der Waals surface area (Å²) in [5, 5.41) is 26.0. The molecule has 0 aromatic heterocycles. The van der Waals surface area contributed by atoms with Crippen LogP contribution in [-0.4, -0.2) is 94.4 Å². The fourth-order valence-electron chi connectivity index (χ4n) is 1.28. The van der Waals surface area contributed by atoms with Crippen molar-refractivity contribution in [1.82, 2.24) is 0 Å². The zero-order chi connectivity index (χ0) is 17.0. The van der Waals surface area contributed by atoms with E-state index in [-0.39, 0.29) is 62.5 Å². The van der Waals surface area contributed by atoms with Crippen LogP contribution in [0.3, 0.4) is 0 Å². The molecular formula is C13H34NO7U+. The molecule has 22 heavy (non-hydrogen) atoms. The number of aliphatic hydroxyl groups excluding tert-OH is 2. The molecule has 0 aliphatic carbocycles. The molecule has 0 aliphatic heterocycles. The number of methoxy groups -OCH3 is 2. The number of nitrogens with zero attached hydrogens (tertiary/aromatic N) is 1. The van der Waals surface area contributed by atoms with E-state index in [0.717, 1.165) is 7.11 Å². The minimum atomic E-state index is -0.288. The van der Waals surface area contributed by atoms with Crippen molar-refractivity contribution in [1.29, 1.82) is 0 Å². The van der Waals surface area contributed by atoms with Crippen molar-refractivity contribution >= 4 is 0 Å². The Balaban J connectivity index is -0.000000297. The maximum atomic E-state index is 10.1. The van der Waals surface area contributed by atoms with Gasteiger partial charge in [-0.25, -0.2) is 5.21 Å². The Kier molecular flexibility index (Phi) is 37.0. The number of aliphatic hydroxyl groups is 2. The summed E-state index contributed by atoms with van der Waals surface area (Å²) >= 11 is 0. The number of hydrogen-bond acceptors (Lipinski definition) is 7. The molecule has 0 saturated heterocycles. The third kappa shape index (κ3) is 23.0. The van der Waals surface area contributed by atoms with E-state index in [1.54, 1.807) is 0 Å². The first-order chi connectivity index (χ1) is 10.2. The Hall–Kier alpha value is 0.732. The fourth-order valence-corrected chi connectivity index (χ4v) is 1.28. The van der Waals surface area contributed by atoms with Crippen molar-refractivity contribution < 1.29 is 70.1 Å². The molecule has 3 N–H and O–H groups in total. The van der Waals surface area contributed by atoms with Gasteiger partial charge in [-0.2, -0.15) is 4.65 Å². The van der Waals surface area contributed by atoms with E-state index in [1.807, 2.05) is 13.8 Å². The summed E-state index contributed by atoms with van der Waals surface area (Å²) in [5.41, 5.74) is 0. The average Bonchev–Trinajstić information content (AvgIpc) is 2.53. The Morgan fingerprint density at radius 1 is 0.818 bits per heavy atom. The van der Waals surface area contributed by atoms with Gasteiger partial charge in [0.25, 0.3) is 0 Å².